The number of aromatic nitrogens is 1. The SMILES string of the molecule is CCCCCC(=O)N(CCOC)CC(=O)N(CCc1c[nH]c2ccccc12)Cc1ccccc1. The second-order valence-corrected chi connectivity index (χ2v) is 8.68. The molecule has 0 aliphatic carbocycles. The summed E-state index contributed by atoms with van der Waals surface area (Å²) in [4.78, 5) is 33.1. The number of ether oxygens (including phenoxy) is 1. The Kier molecular flexibility index (Phi) is 10.2. The Morgan fingerprint density at radius 1 is 0.912 bits per heavy atom. The van der Waals surface area contributed by atoms with E-state index in [1.165, 1.54) is 10.9 Å². The first-order valence-electron chi connectivity index (χ1n) is 12.3. The van der Waals surface area contributed by atoms with Crippen molar-refractivity contribution in [1.29, 1.82) is 0 Å². The minimum Gasteiger partial charge on any atom is -0.383 e. The van der Waals surface area contributed by atoms with E-state index < -0.39 is 0 Å². The van der Waals surface area contributed by atoms with E-state index in [2.05, 4.69) is 24.0 Å². The number of nitrogens with zero attached hydrogens (tertiary/aromatic N) is 2. The molecule has 0 saturated heterocycles. The van der Waals surface area contributed by atoms with E-state index in [0.717, 1.165) is 36.8 Å². The minimum absolute atomic E-state index is 0.0233. The smallest absolute Gasteiger partial charge is 0.242 e. The fourth-order valence-electron chi connectivity index (χ4n) is 4.13. The molecule has 0 atom stereocenters. The van der Waals surface area contributed by atoms with Crippen LogP contribution in [-0.4, -0.2) is 59.9 Å². The van der Waals surface area contributed by atoms with Crippen molar-refractivity contribution in [3.05, 3.63) is 71.9 Å². The van der Waals surface area contributed by atoms with Crippen molar-refractivity contribution in [2.45, 2.75) is 45.6 Å². The molecule has 0 aliphatic heterocycles. The van der Waals surface area contributed by atoms with Gasteiger partial charge < -0.3 is 19.5 Å². The maximum Gasteiger partial charge on any atom is 0.242 e. The first-order valence-corrected chi connectivity index (χ1v) is 12.3. The Bertz CT molecular complexity index is 1030. The number of aromatic amines is 1. The molecule has 6 heteroatoms. The lowest BCUT2D eigenvalue weighted by Gasteiger charge is -2.28. The number of amides is 2. The number of unbranched alkanes of at least 4 members (excludes halogenated alkanes) is 2. The largest absolute Gasteiger partial charge is 0.383 e. The molecule has 2 aromatic carbocycles. The van der Waals surface area contributed by atoms with Crippen LogP contribution >= 0.6 is 0 Å². The van der Waals surface area contributed by atoms with Gasteiger partial charge >= 0.3 is 0 Å². The number of para-hydroxylation sites is 1. The van der Waals surface area contributed by atoms with E-state index in [-0.39, 0.29) is 18.4 Å². The zero-order valence-corrected chi connectivity index (χ0v) is 20.5. The van der Waals surface area contributed by atoms with Gasteiger partial charge in [-0.3, -0.25) is 9.59 Å². The van der Waals surface area contributed by atoms with Crippen LogP contribution in [0, 0.1) is 0 Å². The summed E-state index contributed by atoms with van der Waals surface area (Å²) in [5, 5.41) is 1.18. The number of hydrogen-bond acceptors (Lipinski definition) is 3. The van der Waals surface area contributed by atoms with Gasteiger partial charge in [0.05, 0.1) is 13.2 Å². The van der Waals surface area contributed by atoms with Crippen molar-refractivity contribution in [2.75, 3.05) is 33.4 Å². The molecule has 1 N–H and O–H groups in total. The average molecular weight is 464 g/mol. The Hall–Kier alpha value is -3.12. The Labute approximate surface area is 202 Å². The van der Waals surface area contributed by atoms with Crippen LogP contribution in [0.5, 0.6) is 0 Å². The lowest BCUT2D eigenvalue weighted by atomic mass is 10.1. The Balaban J connectivity index is 1.72. The normalized spacial score (nSPS) is 11.0. The van der Waals surface area contributed by atoms with Crippen molar-refractivity contribution < 1.29 is 14.3 Å². The summed E-state index contributed by atoms with van der Waals surface area (Å²) in [5.41, 5.74) is 3.36. The van der Waals surface area contributed by atoms with E-state index in [0.29, 0.717) is 32.7 Å². The molecule has 1 aromatic heterocycles. The highest BCUT2D eigenvalue weighted by Gasteiger charge is 2.21. The lowest BCUT2D eigenvalue weighted by molar-refractivity contribution is -0.141. The molecule has 0 saturated carbocycles. The van der Waals surface area contributed by atoms with Gasteiger partial charge in [0.15, 0.2) is 0 Å². The van der Waals surface area contributed by atoms with Crippen molar-refractivity contribution in [1.82, 2.24) is 14.8 Å². The molecule has 1 heterocycles. The third-order valence-electron chi connectivity index (χ3n) is 6.13. The van der Waals surface area contributed by atoms with Gasteiger partial charge in [-0.05, 0) is 30.0 Å². The number of nitrogens with one attached hydrogen (secondary N) is 1. The fourth-order valence-corrected chi connectivity index (χ4v) is 4.13. The number of benzene rings is 2. The molecular weight excluding hydrogens is 426 g/mol. The highest BCUT2D eigenvalue weighted by atomic mass is 16.5. The van der Waals surface area contributed by atoms with Crippen LogP contribution in [0.2, 0.25) is 0 Å². The summed E-state index contributed by atoms with van der Waals surface area (Å²) in [6.07, 6.45) is 6.16. The summed E-state index contributed by atoms with van der Waals surface area (Å²) < 4.78 is 5.20. The van der Waals surface area contributed by atoms with Crippen molar-refractivity contribution in [3.8, 4) is 0 Å². The monoisotopic (exact) mass is 463 g/mol. The van der Waals surface area contributed by atoms with Crippen LogP contribution < -0.4 is 0 Å². The van der Waals surface area contributed by atoms with E-state index in [9.17, 15) is 9.59 Å². The number of carbonyl (C=O) groups is 2. The molecule has 2 amide bonds. The maximum atomic E-state index is 13.5. The molecule has 0 spiro atoms. The Morgan fingerprint density at radius 3 is 2.44 bits per heavy atom. The number of H-pyrrole nitrogens is 1. The number of carbonyl (C=O) groups excluding carboxylic acids is 2. The zero-order valence-electron chi connectivity index (χ0n) is 20.5. The molecule has 182 valence electrons. The molecule has 3 aromatic rings. The summed E-state index contributed by atoms with van der Waals surface area (Å²) in [7, 11) is 1.62. The van der Waals surface area contributed by atoms with Gasteiger partial charge in [0, 0.05) is 50.3 Å². The summed E-state index contributed by atoms with van der Waals surface area (Å²) in [6.45, 7) is 4.14. The first kappa shape index (κ1) is 25.5. The van der Waals surface area contributed by atoms with Gasteiger partial charge in [0.1, 0.15) is 0 Å². The molecule has 3 rings (SSSR count). The van der Waals surface area contributed by atoms with Gasteiger partial charge in [-0.25, -0.2) is 0 Å². The van der Waals surface area contributed by atoms with Gasteiger partial charge in [0.2, 0.25) is 11.8 Å². The highest BCUT2D eigenvalue weighted by Crippen LogP contribution is 2.19. The number of methoxy groups -OCH3 is 1. The third kappa shape index (κ3) is 7.45. The molecule has 6 nitrogen and oxygen atoms in total. The second kappa shape index (κ2) is 13.6. The van der Waals surface area contributed by atoms with Crippen LogP contribution in [0.25, 0.3) is 10.9 Å². The predicted molar refractivity (Wildman–Crippen MR) is 136 cm³/mol. The van der Waals surface area contributed by atoms with Crippen LogP contribution in [0.1, 0.15) is 43.7 Å². The van der Waals surface area contributed by atoms with E-state index in [1.807, 2.05) is 53.6 Å². The van der Waals surface area contributed by atoms with Gasteiger partial charge in [-0.1, -0.05) is 68.3 Å². The molecule has 0 radical (unpaired) electrons. The molecule has 0 fully saturated rings. The van der Waals surface area contributed by atoms with Crippen LogP contribution in [0.15, 0.2) is 60.8 Å². The van der Waals surface area contributed by atoms with Crippen molar-refractivity contribution in [2.24, 2.45) is 0 Å². The van der Waals surface area contributed by atoms with E-state index in [1.54, 1.807) is 12.0 Å². The lowest BCUT2D eigenvalue weighted by Crippen LogP contribution is -2.44. The number of fused-ring (bicyclic) bond motifs is 1. The zero-order chi connectivity index (χ0) is 24.2. The van der Waals surface area contributed by atoms with E-state index in [4.69, 9.17) is 4.74 Å². The van der Waals surface area contributed by atoms with Crippen LogP contribution in [0.3, 0.4) is 0 Å². The fraction of sp³-hybridized carbons (Fsp3) is 0.429. The van der Waals surface area contributed by atoms with Gasteiger partial charge in [-0.15, -0.1) is 0 Å². The van der Waals surface area contributed by atoms with Crippen LogP contribution in [0.4, 0.5) is 0 Å². The van der Waals surface area contributed by atoms with Gasteiger partial charge in [-0.2, -0.15) is 0 Å². The van der Waals surface area contributed by atoms with Crippen molar-refractivity contribution in [3.63, 3.8) is 0 Å². The highest BCUT2D eigenvalue weighted by molar-refractivity contribution is 5.85. The maximum absolute atomic E-state index is 13.5. The Morgan fingerprint density at radius 2 is 1.68 bits per heavy atom. The quantitative estimate of drug-likeness (QED) is 0.350. The van der Waals surface area contributed by atoms with Crippen LogP contribution in [-0.2, 0) is 27.3 Å². The standard InChI is InChI=1S/C28H37N3O3/c1-3-4-6-15-27(32)31(18-19-34-2)22-28(33)30(21-23-11-7-5-8-12-23)17-16-24-20-29-26-14-10-9-13-25(24)26/h5,7-14,20,29H,3-4,6,15-19,21-22H2,1-2H3. The third-order valence-corrected chi connectivity index (χ3v) is 6.13. The molecule has 0 bridgehead atoms. The molecule has 0 unspecified atom stereocenters. The number of hydrogen-bond donors (Lipinski definition) is 1. The average Bonchev–Trinajstić information content (AvgIpc) is 3.28. The topological polar surface area (TPSA) is 65.6 Å². The summed E-state index contributed by atoms with van der Waals surface area (Å²) in [6, 6.07) is 18.2. The molecule has 0 aliphatic rings. The van der Waals surface area contributed by atoms with Gasteiger partial charge in [0.25, 0.3) is 0 Å². The molecular formula is C28H37N3O3. The summed E-state index contributed by atoms with van der Waals surface area (Å²) >= 11 is 0. The minimum atomic E-state index is -0.0383. The second-order valence-electron chi connectivity index (χ2n) is 8.68. The number of rotatable bonds is 14. The predicted octanol–water partition coefficient (Wildman–Crippen LogP) is 4.79. The van der Waals surface area contributed by atoms with E-state index >= 15 is 0 Å². The molecule has 34 heavy (non-hydrogen) atoms. The first-order chi connectivity index (χ1) is 16.6. The van der Waals surface area contributed by atoms with Crippen molar-refractivity contribution >= 4 is 22.7 Å². The summed E-state index contributed by atoms with van der Waals surface area (Å²) in [5.74, 6) is -0.0150.